The molecule has 0 radical (unpaired) electrons. The maximum atomic E-state index is 5.30. The van der Waals surface area contributed by atoms with Crippen molar-refractivity contribution in [3.63, 3.8) is 0 Å². The molecule has 0 saturated carbocycles. The van der Waals surface area contributed by atoms with Gasteiger partial charge < -0.3 is 15.6 Å². The molecule has 1 aromatic rings. The van der Waals surface area contributed by atoms with Crippen LogP contribution in [0.4, 0.5) is 0 Å². The lowest BCUT2D eigenvalue weighted by atomic mass is 10.3. The first kappa shape index (κ1) is 12.3. The molecule has 0 fully saturated rings. The van der Waals surface area contributed by atoms with Gasteiger partial charge in [0.2, 0.25) is 0 Å². The largest absolute Gasteiger partial charge is 0.390 e. The molecule has 0 atom stereocenters. The van der Waals surface area contributed by atoms with Gasteiger partial charge in [0, 0.05) is 13.1 Å². The molecule has 88 valence electrons. The number of imidazole rings is 1. The van der Waals surface area contributed by atoms with E-state index in [9.17, 15) is 0 Å². The average molecular weight is 221 g/mol. The third-order valence-electron chi connectivity index (χ3n) is 2.33. The van der Waals surface area contributed by atoms with E-state index < -0.39 is 0 Å². The zero-order chi connectivity index (χ0) is 12.1. The smallest absolute Gasteiger partial charge is 0.155 e. The van der Waals surface area contributed by atoms with Crippen molar-refractivity contribution in [3.8, 4) is 0 Å². The third-order valence-corrected chi connectivity index (χ3v) is 2.33. The van der Waals surface area contributed by atoms with Crippen LogP contribution in [0, 0.1) is 0 Å². The Bertz CT molecular complexity index is 481. The van der Waals surface area contributed by atoms with Gasteiger partial charge in [-0.3, -0.25) is 0 Å². The van der Waals surface area contributed by atoms with Crippen LogP contribution in [0.3, 0.4) is 0 Å². The Labute approximate surface area is 95.4 Å². The topological polar surface area (TPSA) is 68.2 Å². The molecule has 0 bridgehead atoms. The number of nitrogens with one attached hydrogen (secondary N) is 1. The Balaban J connectivity index is 3.58. The molecule has 0 aliphatic carbocycles. The number of hydrogen-bond donors (Lipinski definition) is 2. The summed E-state index contributed by atoms with van der Waals surface area (Å²) in [6.45, 7) is 6.21. The van der Waals surface area contributed by atoms with E-state index >= 15 is 0 Å². The highest BCUT2D eigenvalue weighted by Crippen LogP contribution is 1.96. The highest BCUT2D eigenvalue weighted by molar-refractivity contribution is 5.60. The van der Waals surface area contributed by atoms with Gasteiger partial charge in [-0.2, -0.15) is 0 Å². The van der Waals surface area contributed by atoms with Gasteiger partial charge in [0.15, 0.2) is 5.82 Å². The second-order valence-corrected chi connectivity index (χ2v) is 3.64. The van der Waals surface area contributed by atoms with Crippen molar-refractivity contribution in [2.75, 3.05) is 7.05 Å². The zero-order valence-electron chi connectivity index (χ0n) is 10.2. The molecule has 3 N–H and O–H groups in total. The monoisotopic (exact) mass is 221 g/mol. The van der Waals surface area contributed by atoms with Gasteiger partial charge in [-0.25, -0.2) is 9.98 Å². The molecule has 1 aromatic heterocycles. The van der Waals surface area contributed by atoms with Crippen molar-refractivity contribution < 1.29 is 0 Å². The van der Waals surface area contributed by atoms with Gasteiger partial charge in [0.05, 0.1) is 18.0 Å². The Kier molecular flexibility index (Phi) is 4.10. The van der Waals surface area contributed by atoms with Crippen molar-refractivity contribution >= 4 is 18.2 Å². The molecular formula is C11H19N5. The fourth-order valence-electron chi connectivity index (χ4n) is 1.57. The lowest BCUT2D eigenvalue weighted by Crippen LogP contribution is -2.35. The average Bonchev–Trinajstić information content (AvgIpc) is 2.69. The molecule has 0 saturated heterocycles. The molecule has 0 unspecified atom stereocenters. The summed E-state index contributed by atoms with van der Waals surface area (Å²) >= 11 is 0. The van der Waals surface area contributed by atoms with E-state index in [1.54, 1.807) is 7.05 Å². The van der Waals surface area contributed by atoms with E-state index in [0.717, 1.165) is 10.7 Å². The highest BCUT2D eigenvalue weighted by Gasteiger charge is 2.03. The summed E-state index contributed by atoms with van der Waals surface area (Å²) in [5.74, 6) is 0.676. The predicted molar refractivity (Wildman–Crippen MR) is 67.1 cm³/mol. The molecule has 1 rings (SSSR count). The van der Waals surface area contributed by atoms with Crippen LogP contribution in [0.2, 0.25) is 0 Å². The lowest BCUT2D eigenvalue weighted by Gasteiger charge is -2.05. The Hall–Kier alpha value is -1.78. The Morgan fingerprint density at radius 3 is 2.75 bits per heavy atom. The summed E-state index contributed by atoms with van der Waals surface area (Å²) < 4.78 is 2.10. The molecule has 5 heteroatoms. The van der Waals surface area contributed by atoms with E-state index in [2.05, 4.69) is 33.7 Å². The standard InChI is InChI=1S/C11H19N5/c1-5-9-10(11(13-4)14-6-12)15-7-16(9)8(2)3/h5-8,13H,1-4H3,(H2,12,14)/b9-5+,11-10+. The third kappa shape index (κ3) is 2.24. The van der Waals surface area contributed by atoms with Crippen molar-refractivity contribution in [1.29, 1.82) is 0 Å². The summed E-state index contributed by atoms with van der Waals surface area (Å²) in [6.07, 6.45) is 5.10. The first-order valence-electron chi connectivity index (χ1n) is 5.31. The maximum absolute atomic E-state index is 5.30. The van der Waals surface area contributed by atoms with Crippen LogP contribution in [0.25, 0.3) is 11.9 Å². The molecule has 0 aliphatic rings. The summed E-state index contributed by atoms with van der Waals surface area (Å²) in [7, 11) is 1.80. The van der Waals surface area contributed by atoms with Crippen LogP contribution in [0.1, 0.15) is 26.8 Å². The number of hydrogen-bond acceptors (Lipinski definition) is 3. The Morgan fingerprint density at radius 1 is 1.62 bits per heavy atom. The second kappa shape index (κ2) is 5.34. The number of nitrogens with two attached hydrogens (primary N) is 1. The molecule has 0 aliphatic heterocycles. The van der Waals surface area contributed by atoms with Crippen molar-refractivity contribution in [1.82, 2.24) is 14.9 Å². The molecule has 0 spiro atoms. The minimum atomic E-state index is 0.368. The first-order chi connectivity index (χ1) is 7.65. The van der Waals surface area contributed by atoms with Crippen LogP contribution in [0.15, 0.2) is 11.3 Å². The van der Waals surface area contributed by atoms with Crippen molar-refractivity contribution in [2.45, 2.75) is 26.8 Å². The number of rotatable bonds is 3. The molecule has 16 heavy (non-hydrogen) atoms. The molecular weight excluding hydrogens is 202 g/mol. The number of aromatic nitrogens is 2. The van der Waals surface area contributed by atoms with Crippen LogP contribution in [-0.4, -0.2) is 22.9 Å². The maximum Gasteiger partial charge on any atom is 0.155 e. The summed E-state index contributed by atoms with van der Waals surface area (Å²) in [5, 5.41) is 4.86. The zero-order valence-corrected chi connectivity index (χ0v) is 10.2. The van der Waals surface area contributed by atoms with E-state index in [0.29, 0.717) is 11.9 Å². The molecule has 0 amide bonds. The fraction of sp³-hybridized carbons (Fsp3) is 0.455. The van der Waals surface area contributed by atoms with Crippen molar-refractivity contribution in [3.05, 3.63) is 17.0 Å². The fourth-order valence-corrected chi connectivity index (χ4v) is 1.57. The minimum Gasteiger partial charge on any atom is -0.390 e. The van der Waals surface area contributed by atoms with E-state index in [1.807, 2.05) is 19.3 Å². The van der Waals surface area contributed by atoms with E-state index in [4.69, 9.17) is 5.73 Å². The molecule has 0 aromatic carbocycles. The van der Waals surface area contributed by atoms with Crippen LogP contribution in [0.5, 0.6) is 0 Å². The predicted octanol–water partition coefficient (Wildman–Crippen LogP) is -0.463. The van der Waals surface area contributed by atoms with E-state index in [1.165, 1.54) is 6.34 Å². The molecule has 1 heterocycles. The van der Waals surface area contributed by atoms with Crippen LogP contribution in [-0.2, 0) is 0 Å². The minimum absolute atomic E-state index is 0.368. The van der Waals surface area contributed by atoms with Gasteiger partial charge in [-0.15, -0.1) is 0 Å². The van der Waals surface area contributed by atoms with Gasteiger partial charge in [0.1, 0.15) is 5.35 Å². The first-order valence-corrected chi connectivity index (χ1v) is 5.31. The van der Waals surface area contributed by atoms with Gasteiger partial charge >= 0.3 is 0 Å². The second-order valence-electron chi connectivity index (χ2n) is 3.64. The summed E-state index contributed by atoms with van der Waals surface area (Å²) in [6, 6.07) is 0.368. The van der Waals surface area contributed by atoms with E-state index in [-0.39, 0.29) is 0 Å². The summed E-state index contributed by atoms with van der Waals surface area (Å²) in [4.78, 5) is 8.42. The van der Waals surface area contributed by atoms with Crippen LogP contribution < -0.4 is 21.7 Å². The van der Waals surface area contributed by atoms with Gasteiger partial charge in [-0.1, -0.05) is 6.08 Å². The normalized spacial score (nSPS) is 14.9. The van der Waals surface area contributed by atoms with Crippen LogP contribution >= 0.6 is 0 Å². The van der Waals surface area contributed by atoms with Gasteiger partial charge in [-0.05, 0) is 20.8 Å². The SMILES string of the molecule is C\C=c1/c(=C(\N=C/N)NC)ncn1C(C)C. The molecule has 5 nitrogen and oxygen atoms in total. The highest BCUT2D eigenvalue weighted by atomic mass is 15.1. The Morgan fingerprint density at radius 2 is 2.31 bits per heavy atom. The number of nitrogens with zero attached hydrogens (tertiary/aromatic N) is 3. The van der Waals surface area contributed by atoms with Crippen molar-refractivity contribution in [2.24, 2.45) is 10.7 Å². The quantitative estimate of drug-likeness (QED) is 0.536. The number of aliphatic imine (C=N–C) groups is 1. The lowest BCUT2D eigenvalue weighted by molar-refractivity contribution is 0.585. The summed E-state index contributed by atoms with van der Waals surface area (Å²) in [5.41, 5.74) is 5.30. The van der Waals surface area contributed by atoms with Gasteiger partial charge in [0.25, 0.3) is 0 Å².